The number of benzene rings is 2. The van der Waals surface area contributed by atoms with E-state index in [0.29, 0.717) is 18.7 Å². The van der Waals surface area contributed by atoms with Crippen molar-refractivity contribution in [3.63, 3.8) is 0 Å². The standard InChI is InChI=1S/C21H28N2O3S2/c1-4-19-7-5-6-8-20(19)23(28(3,25)26)15-21(24)22-13-14-27-16-18-11-9-17(2)10-12-18/h5-12H,4,13-16H2,1-3H3,(H,22,24). The Labute approximate surface area is 172 Å². The number of rotatable bonds is 10. The average molecular weight is 421 g/mol. The van der Waals surface area contributed by atoms with Crippen LogP contribution in [0.1, 0.15) is 23.6 Å². The van der Waals surface area contributed by atoms with Gasteiger partial charge in [-0.3, -0.25) is 9.10 Å². The number of hydrogen-bond acceptors (Lipinski definition) is 4. The van der Waals surface area contributed by atoms with Gasteiger partial charge in [-0.1, -0.05) is 55.0 Å². The fourth-order valence-electron chi connectivity index (χ4n) is 2.76. The molecule has 0 fully saturated rings. The number of nitrogens with one attached hydrogen (secondary N) is 1. The van der Waals surface area contributed by atoms with Gasteiger partial charge in [0.1, 0.15) is 6.54 Å². The molecule has 0 unspecified atom stereocenters. The highest BCUT2D eigenvalue weighted by atomic mass is 32.2. The second-order valence-corrected chi connectivity index (χ2v) is 9.65. The van der Waals surface area contributed by atoms with Gasteiger partial charge in [0.2, 0.25) is 15.9 Å². The van der Waals surface area contributed by atoms with E-state index in [-0.39, 0.29) is 12.5 Å². The van der Waals surface area contributed by atoms with E-state index >= 15 is 0 Å². The summed E-state index contributed by atoms with van der Waals surface area (Å²) < 4.78 is 25.7. The number of anilines is 1. The van der Waals surface area contributed by atoms with Crippen LogP contribution in [0.15, 0.2) is 48.5 Å². The van der Waals surface area contributed by atoms with E-state index in [2.05, 4.69) is 36.5 Å². The predicted octanol–water partition coefficient (Wildman–Crippen LogP) is 3.37. The van der Waals surface area contributed by atoms with Crippen molar-refractivity contribution >= 4 is 33.4 Å². The van der Waals surface area contributed by atoms with Gasteiger partial charge in [0.15, 0.2) is 0 Å². The lowest BCUT2D eigenvalue weighted by Gasteiger charge is -2.24. The van der Waals surface area contributed by atoms with Crippen LogP contribution in [-0.4, -0.2) is 39.4 Å². The first-order chi connectivity index (χ1) is 13.3. The molecule has 0 radical (unpaired) electrons. The van der Waals surface area contributed by atoms with Crippen molar-refractivity contribution in [2.24, 2.45) is 0 Å². The number of sulfonamides is 1. The molecule has 0 aliphatic rings. The smallest absolute Gasteiger partial charge is 0.240 e. The lowest BCUT2D eigenvalue weighted by molar-refractivity contribution is -0.119. The second kappa shape index (κ2) is 10.5. The first-order valence-corrected chi connectivity index (χ1v) is 12.3. The van der Waals surface area contributed by atoms with Gasteiger partial charge in [0.25, 0.3) is 0 Å². The van der Waals surface area contributed by atoms with E-state index in [9.17, 15) is 13.2 Å². The second-order valence-electron chi connectivity index (χ2n) is 6.64. The summed E-state index contributed by atoms with van der Waals surface area (Å²) in [5, 5.41) is 2.82. The zero-order chi connectivity index (χ0) is 20.6. The summed E-state index contributed by atoms with van der Waals surface area (Å²) in [6, 6.07) is 15.7. The maximum absolute atomic E-state index is 12.3. The molecule has 0 aromatic heterocycles. The monoisotopic (exact) mass is 420 g/mol. The van der Waals surface area contributed by atoms with Crippen LogP contribution in [0.4, 0.5) is 5.69 Å². The molecule has 0 saturated carbocycles. The third-order valence-corrected chi connectivity index (χ3v) is 6.44. The molecule has 7 heteroatoms. The Hall–Kier alpha value is -1.99. The Balaban J connectivity index is 1.86. The van der Waals surface area contributed by atoms with E-state index in [4.69, 9.17) is 0 Å². The van der Waals surface area contributed by atoms with Gasteiger partial charge >= 0.3 is 0 Å². The first kappa shape index (κ1) is 22.3. The van der Waals surface area contributed by atoms with Crippen molar-refractivity contribution in [2.75, 3.05) is 29.4 Å². The van der Waals surface area contributed by atoms with Gasteiger partial charge < -0.3 is 5.32 Å². The highest BCUT2D eigenvalue weighted by Crippen LogP contribution is 2.23. The number of aryl methyl sites for hydroxylation is 2. The number of amides is 1. The summed E-state index contributed by atoms with van der Waals surface area (Å²) in [6.45, 7) is 4.32. The van der Waals surface area contributed by atoms with E-state index < -0.39 is 10.0 Å². The Morgan fingerprint density at radius 2 is 1.79 bits per heavy atom. The topological polar surface area (TPSA) is 66.5 Å². The Kier molecular flexibility index (Phi) is 8.38. The summed E-state index contributed by atoms with van der Waals surface area (Å²) in [7, 11) is -3.55. The largest absolute Gasteiger partial charge is 0.354 e. The molecule has 0 heterocycles. The van der Waals surface area contributed by atoms with Crippen molar-refractivity contribution in [3.8, 4) is 0 Å². The van der Waals surface area contributed by atoms with Crippen molar-refractivity contribution in [3.05, 3.63) is 65.2 Å². The molecule has 2 aromatic carbocycles. The zero-order valence-electron chi connectivity index (χ0n) is 16.6. The van der Waals surface area contributed by atoms with Gasteiger partial charge in [-0.25, -0.2) is 8.42 Å². The molecule has 28 heavy (non-hydrogen) atoms. The summed E-state index contributed by atoms with van der Waals surface area (Å²) in [4.78, 5) is 12.3. The van der Waals surface area contributed by atoms with E-state index in [0.717, 1.165) is 23.3 Å². The van der Waals surface area contributed by atoms with Crippen LogP contribution in [0.3, 0.4) is 0 Å². The molecule has 2 rings (SSSR count). The van der Waals surface area contributed by atoms with Crippen LogP contribution in [0, 0.1) is 6.92 Å². The van der Waals surface area contributed by atoms with Crippen LogP contribution < -0.4 is 9.62 Å². The molecule has 5 nitrogen and oxygen atoms in total. The van der Waals surface area contributed by atoms with Crippen LogP contribution in [0.5, 0.6) is 0 Å². The predicted molar refractivity (Wildman–Crippen MR) is 118 cm³/mol. The minimum absolute atomic E-state index is 0.210. The number of carbonyl (C=O) groups is 1. The summed E-state index contributed by atoms with van der Waals surface area (Å²) in [5.41, 5.74) is 3.95. The van der Waals surface area contributed by atoms with Crippen LogP contribution in [0.25, 0.3) is 0 Å². The highest BCUT2D eigenvalue weighted by molar-refractivity contribution is 7.98. The molecule has 1 amide bonds. The van der Waals surface area contributed by atoms with Crippen molar-refractivity contribution in [1.29, 1.82) is 0 Å². The van der Waals surface area contributed by atoms with E-state index in [1.807, 2.05) is 19.1 Å². The molecule has 2 aromatic rings. The maximum atomic E-state index is 12.3. The number of thioether (sulfide) groups is 1. The molecule has 0 saturated heterocycles. The number of para-hydroxylation sites is 1. The van der Waals surface area contributed by atoms with Gasteiger partial charge in [0, 0.05) is 18.1 Å². The summed E-state index contributed by atoms with van der Waals surface area (Å²) >= 11 is 1.73. The maximum Gasteiger partial charge on any atom is 0.240 e. The molecule has 1 N–H and O–H groups in total. The SMILES string of the molecule is CCc1ccccc1N(CC(=O)NCCSCc1ccc(C)cc1)S(C)(=O)=O. The Bertz CT molecular complexity index is 881. The van der Waals surface area contributed by atoms with Gasteiger partial charge in [0.05, 0.1) is 11.9 Å². The minimum atomic E-state index is -3.55. The zero-order valence-corrected chi connectivity index (χ0v) is 18.3. The van der Waals surface area contributed by atoms with Gasteiger partial charge in [-0.2, -0.15) is 11.8 Å². The molecule has 152 valence electrons. The van der Waals surface area contributed by atoms with Crippen LogP contribution in [0.2, 0.25) is 0 Å². The number of hydrogen-bond donors (Lipinski definition) is 1. The molecule has 0 aliphatic heterocycles. The fraction of sp³-hybridized carbons (Fsp3) is 0.381. The molecule has 0 bridgehead atoms. The Morgan fingerprint density at radius 3 is 2.43 bits per heavy atom. The minimum Gasteiger partial charge on any atom is -0.354 e. The van der Waals surface area contributed by atoms with Gasteiger partial charge in [-0.15, -0.1) is 0 Å². The molecular weight excluding hydrogens is 392 g/mol. The molecular formula is C21H28N2O3S2. The highest BCUT2D eigenvalue weighted by Gasteiger charge is 2.22. The van der Waals surface area contributed by atoms with Gasteiger partial charge in [-0.05, 0) is 30.5 Å². The van der Waals surface area contributed by atoms with Crippen molar-refractivity contribution in [2.45, 2.75) is 26.0 Å². The fourth-order valence-corrected chi connectivity index (χ4v) is 4.46. The summed E-state index contributed by atoms with van der Waals surface area (Å²) in [5.74, 6) is 1.35. The van der Waals surface area contributed by atoms with Crippen LogP contribution >= 0.6 is 11.8 Å². The van der Waals surface area contributed by atoms with E-state index in [1.54, 1.807) is 23.9 Å². The normalized spacial score (nSPS) is 11.2. The number of carbonyl (C=O) groups excluding carboxylic acids is 1. The molecule has 0 atom stereocenters. The Morgan fingerprint density at radius 1 is 1.11 bits per heavy atom. The molecule has 0 aliphatic carbocycles. The summed E-state index contributed by atoms with van der Waals surface area (Å²) in [6.07, 6.45) is 1.82. The lowest BCUT2D eigenvalue weighted by atomic mass is 10.1. The average Bonchev–Trinajstić information content (AvgIpc) is 2.66. The first-order valence-electron chi connectivity index (χ1n) is 9.27. The van der Waals surface area contributed by atoms with E-state index in [1.165, 1.54) is 15.4 Å². The third-order valence-electron chi connectivity index (χ3n) is 4.29. The third kappa shape index (κ3) is 6.87. The molecule has 0 spiro atoms. The van der Waals surface area contributed by atoms with Crippen molar-refractivity contribution in [1.82, 2.24) is 5.32 Å². The lowest BCUT2D eigenvalue weighted by Crippen LogP contribution is -2.41. The van der Waals surface area contributed by atoms with Crippen LogP contribution in [-0.2, 0) is 27.0 Å². The number of nitrogens with zero attached hydrogens (tertiary/aromatic N) is 1. The van der Waals surface area contributed by atoms with Crippen molar-refractivity contribution < 1.29 is 13.2 Å². The quantitative estimate of drug-likeness (QED) is 0.599.